The Morgan fingerprint density at radius 1 is 1.28 bits per heavy atom. The van der Waals surface area contributed by atoms with Gasteiger partial charge in [-0.3, -0.25) is 9.78 Å². The number of aromatic nitrogens is 1. The first-order chi connectivity index (χ1) is 15.6. The lowest BCUT2D eigenvalue weighted by molar-refractivity contribution is -0.149. The van der Waals surface area contributed by atoms with Gasteiger partial charge in [-0.15, -0.1) is 0 Å². The number of hydrogen-bond acceptors (Lipinski definition) is 5. The summed E-state index contributed by atoms with van der Waals surface area (Å²) in [5.41, 5.74) is 3.23. The minimum Gasteiger partial charge on any atom is -0.453 e. The number of ether oxygens (including phenoxy) is 2. The molecule has 0 spiro atoms. The summed E-state index contributed by atoms with van der Waals surface area (Å²) in [5, 5.41) is 3.81. The van der Waals surface area contributed by atoms with Crippen molar-refractivity contribution in [2.24, 2.45) is 0 Å². The molecule has 2 aliphatic rings. The summed E-state index contributed by atoms with van der Waals surface area (Å²) in [4.78, 5) is 31.4. The quantitative estimate of drug-likeness (QED) is 0.625. The number of fused-ring (bicyclic) bond motifs is 1. The monoisotopic (exact) mass is 439 g/mol. The van der Waals surface area contributed by atoms with Crippen LogP contribution in [0.25, 0.3) is 10.9 Å². The molecule has 2 fully saturated rings. The number of carbonyl (C=O) groups is 2. The molecule has 2 aromatic rings. The normalized spacial score (nSPS) is 19.4. The molecule has 1 saturated heterocycles. The van der Waals surface area contributed by atoms with E-state index < -0.39 is 6.09 Å². The van der Waals surface area contributed by atoms with Crippen molar-refractivity contribution in [3.8, 4) is 0 Å². The summed E-state index contributed by atoms with van der Waals surface area (Å²) in [6, 6.07) is 8.63. The average molecular weight is 440 g/mol. The maximum absolute atomic E-state index is 13.4. The van der Waals surface area contributed by atoms with E-state index in [1.54, 1.807) is 0 Å². The molecule has 1 aromatic carbocycles. The Hall–Kier alpha value is -2.67. The Balaban J connectivity index is 1.56. The molecule has 0 unspecified atom stereocenters. The first kappa shape index (κ1) is 22.5. The molecular weight excluding hydrogens is 406 g/mol. The van der Waals surface area contributed by atoms with Crippen LogP contribution in [0.3, 0.4) is 0 Å². The molecular formula is C25H33N3O4. The van der Waals surface area contributed by atoms with Crippen LogP contribution in [0.1, 0.15) is 62.6 Å². The van der Waals surface area contributed by atoms with Crippen molar-refractivity contribution in [3.63, 3.8) is 0 Å². The van der Waals surface area contributed by atoms with E-state index >= 15 is 0 Å². The molecule has 2 atom stereocenters. The van der Waals surface area contributed by atoms with Gasteiger partial charge >= 0.3 is 6.09 Å². The van der Waals surface area contributed by atoms with Crippen LogP contribution in [-0.4, -0.2) is 54.3 Å². The van der Waals surface area contributed by atoms with Crippen molar-refractivity contribution in [1.82, 2.24) is 15.2 Å². The SMILES string of the molecule is COC(=O)NCCCc1cc([C@@H](C)N(C(=O)[C@H]2CCCCO2)C2CC2)cc2cccnc12. The van der Waals surface area contributed by atoms with Gasteiger partial charge in [-0.1, -0.05) is 12.1 Å². The molecule has 2 heterocycles. The summed E-state index contributed by atoms with van der Waals surface area (Å²) < 4.78 is 10.5. The fraction of sp³-hybridized carbons (Fsp3) is 0.560. The lowest BCUT2D eigenvalue weighted by Gasteiger charge is -2.34. The summed E-state index contributed by atoms with van der Waals surface area (Å²) in [7, 11) is 1.36. The highest BCUT2D eigenvalue weighted by Gasteiger charge is 2.40. The second kappa shape index (κ2) is 10.3. The van der Waals surface area contributed by atoms with Crippen LogP contribution in [0.5, 0.6) is 0 Å². The second-order valence-electron chi connectivity index (χ2n) is 8.78. The number of alkyl carbamates (subject to hydrolysis) is 1. The number of carbonyl (C=O) groups excluding carboxylic acids is 2. The predicted molar refractivity (Wildman–Crippen MR) is 122 cm³/mol. The number of amides is 2. The molecule has 32 heavy (non-hydrogen) atoms. The molecule has 1 aliphatic carbocycles. The number of hydrogen-bond donors (Lipinski definition) is 1. The lowest BCUT2D eigenvalue weighted by atomic mass is 9.96. The Morgan fingerprint density at radius 2 is 2.12 bits per heavy atom. The van der Waals surface area contributed by atoms with E-state index in [2.05, 4.69) is 45.1 Å². The highest BCUT2D eigenvalue weighted by Crippen LogP contribution is 2.37. The fourth-order valence-electron chi connectivity index (χ4n) is 4.57. The molecule has 0 bridgehead atoms. The third kappa shape index (κ3) is 5.21. The van der Waals surface area contributed by atoms with Crippen LogP contribution < -0.4 is 5.32 Å². The average Bonchev–Trinajstić information content (AvgIpc) is 3.67. The molecule has 1 N–H and O–H groups in total. The second-order valence-corrected chi connectivity index (χ2v) is 8.78. The molecule has 7 nitrogen and oxygen atoms in total. The summed E-state index contributed by atoms with van der Waals surface area (Å²) in [6.45, 7) is 3.33. The topological polar surface area (TPSA) is 80.8 Å². The van der Waals surface area contributed by atoms with Crippen molar-refractivity contribution in [2.75, 3.05) is 20.3 Å². The van der Waals surface area contributed by atoms with Crippen molar-refractivity contribution in [3.05, 3.63) is 41.6 Å². The van der Waals surface area contributed by atoms with Gasteiger partial charge in [0.05, 0.1) is 18.7 Å². The predicted octanol–water partition coefficient (Wildman–Crippen LogP) is 4.14. The van der Waals surface area contributed by atoms with Gasteiger partial charge in [0.15, 0.2) is 0 Å². The highest BCUT2D eigenvalue weighted by molar-refractivity contribution is 5.84. The molecule has 1 aromatic heterocycles. The molecule has 4 rings (SSSR count). The number of benzene rings is 1. The fourth-order valence-corrected chi connectivity index (χ4v) is 4.57. The van der Waals surface area contributed by atoms with Gasteiger partial charge in [0, 0.05) is 30.8 Å². The van der Waals surface area contributed by atoms with E-state index in [4.69, 9.17) is 4.74 Å². The maximum atomic E-state index is 13.4. The number of pyridine rings is 1. The van der Waals surface area contributed by atoms with E-state index in [0.717, 1.165) is 67.0 Å². The van der Waals surface area contributed by atoms with E-state index in [0.29, 0.717) is 19.2 Å². The van der Waals surface area contributed by atoms with Crippen LogP contribution in [-0.2, 0) is 20.7 Å². The van der Waals surface area contributed by atoms with Crippen LogP contribution in [0, 0.1) is 0 Å². The van der Waals surface area contributed by atoms with Gasteiger partial charge in [0.2, 0.25) is 0 Å². The lowest BCUT2D eigenvalue weighted by Crippen LogP contribution is -2.44. The maximum Gasteiger partial charge on any atom is 0.406 e. The Bertz CT molecular complexity index is 953. The zero-order valence-corrected chi connectivity index (χ0v) is 19.0. The molecule has 1 aliphatic heterocycles. The molecule has 2 amide bonds. The van der Waals surface area contributed by atoms with Gasteiger partial charge in [0.1, 0.15) is 6.10 Å². The standard InChI is InChI=1S/C25H33N3O4/c1-17(28(21-10-11-21)24(29)22-9-3-4-14-32-22)20-15-18-7-5-12-26-23(18)19(16-20)8-6-13-27-25(30)31-2/h5,7,12,15-17,21-22H,3-4,6,8-11,13-14H2,1-2H3,(H,27,30)/t17-,22-/m1/s1. The van der Waals surface area contributed by atoms with E-state index in [-0.39, 0.29) is 18.1 Å². The van der Waals surface area contributed by atoms with E-state index in [1.807, 2.05) is 12.3 Å². The first-order valence-corrected chi connectivity index (χ1v) is 11.7. The smallest absolute Gasteiger partial charge is 0.406 e. The van der Waals surface area contributed by atoms with Crippen LogP contribution in [0.4, 0.5) is 4.79 Å². The number of nitrogens with zero attached hydrogens (tertiary/aromatic N) is 2. The summed E-state index contributed by atoms with van der Waals surface area (Å²) in [5.74, 6) is 0.134. The highest BCUT2D eigenvalue weighted by atomic mass is 16.5. The third-order valence-corrected chi connectivity index (χ3v) is 6.43. The summed E-state index contributed by atoms with van der Waals surface area (Å²) in [6.07, 6.45) is 7.66. The minimum atomic E-state index is -0.418. The molecule has 7 heteroatoms. The summed E-state index contributed by atoms with van der Waals surface area (Å²) >= 11 is 0. The molecule has 1 saturated carbocycles. The van der Waals surface area contributed by atoms with Gasteiger partial charge in [-0.05, 0) is 75.1 Å². The van der Waals surface area contributed by atoms with E-state index in [9.17, 15) is 9.59 Å². The number of rotatable bonds is 8. The van der Waals surface area contributed by atoms with Gasteiger partial charge in [-0.2, -0.15) is 0 Å². The zero-order chi connectivity index (χ0) is 22.5. The number of methoxy groups -OCH3 is 1. The van der Waals surface area contributed by atoms with Crippen molar-refractivity contribution in [2.45, 2.75) is 70.1 Å². The van der Waals surface area contributed by atoms with Crippen LogP contribution in [0.15, 0.2) is 30.5 Å². The first-order valence-electron chi connectivity index (χ1n) is 11.7. The van der Waals surface area contributed by atoms with Gasteiger partial charge < -0.3 is 19.7 Å². The largest absolute Gasteiger partial charge is 0.453 e. The van der Waals surface area contributed by atoms with E-state index in [1.165, 1.54) is 7.11 Å². The minimum absolute atomic E-state index is 0.0305. The Kier molecular flexibility index (Phi) is 7.25. The van der Waals surface area contributed by atoms with Crippen molar-refractivity contribution in [1.29, 1.82) is 0 Å². The Labute approximate surface area is 189 Å². The molecule has 172 valence electrons. The van der Waals surface area contributed by atoms with Crippen molar-refractivity contribution < 1.29 is 19.1 Å². The van der Waals surface area contributed by atoms with Crippen molar-refractivity contribution >= 4 is 22.9 Å². The van der Waals surface area contributed by atoms with Crippen LogP contribution in [0.2, 0.25) is 0 Å². The molecule has 0 radical (unpaired) electrons. The van der Waals surface area contributed by atoms with Gasteiger partial charge in [0.25, 0.3) is 5.91 Å². The number of nitrogens with one attached hydrogen (secondary N) is 1. The van der Waals surface area contributed by atoms with Crippen LogP contribution >= 0.6 is 0 Å². The Morgan fingerprint density at radius 3 is 2.84 bits per heavy atom. The van der Waals surface area contributed by atoms with Gasteiger partial charge in [-0.25, -0.2) is 4.79 Å². The third-order valence-electron chi connectivity index (χ3n) is 6.43. The zero-order valence-electron chi connectivity index (χ0n) is 19.0. The number of aryl methyl sites for hydroxylation is 1.